The first-order chi connectivity index (χ1) is 15.3. The Labute approximate surface area is 194 Å². The van der Waals surface area contributed by atoms with Gasteiger partial charge in [0.05, 0.1) is 28.6 Å². The molecule has 0 spiro atoms. The molecule has 0 radical (unpaired) electrons. The molecule has 9 nitrogen and oxygen atoms in total. The van der Waals surface area contributed by atoms with Gasteiger partial charge in [-0.2, -0.15) is 0 Å². The molecule has 1 aliphatic heterocycles. The summed E-state index contributed by atoms with van der Waals surface area (Å²) in [6.45, 7) is 2.57. The van der Waals surface area contributed by atoms with E-state index in [0.29, 0.717) is 23.7 Å². The fourth-order valence-electron chi connectivity index (χ4n) is 3.78. The number of nitrogens with zero attached hydrogens (tertiary/aromatic N) is 2. The first kappa shape index (κ1) is 23.1. The van der Waals surface area contributed by atoms with Crippen molar-refractivity contribution < 1.29 is 22.7 Å². The van der Waals surface area contributed by atoms with Gasteiger partial charge in [0.2, 0.25) is 15.0 Å². The Balaban J connectivity index is 1.59. The second kappa shape index (κ2) is 9.42. The normalized spacial score (nSPS) is 17.9. The molecule has 0 aromatic carbocycles. The second-order valence-electron chi connectivity index (χ2n) is 7.61. The molecule has 1 atom stereocenters. The quantitative estimate of drug-likeness (QED) is 0.561. The average Bonchev–Trinajstić information content (AvgIpc) is 3.50. The van der Waals surface area contributed by atoms with Gasteiger partial charge in [-0.15, -0.1) is 11.3 Å². The van der Waals surface area contributed by atoms with Crippen molar-refractivity contribution in [2.24, 2.45) is 0 Å². The number of anilines is 1. The molecule has 2 N–H and O–H groups in total. The van der Waals surface area contributed by atoms with Gasteiger partial charge in [0.15, 0.2) is 5.69 Å². The van der Waals surface area contributed by atoms with Gasteiger partial charge in [-0.25, -0.2) is 18.4 Å². The molecule has 0 bridgehead atoms. The molecule has 0 unspecified atom stereocenters. The minimum absolute atomic E-state index is 0.00226. The lowest BCUT2D eigenvalue weighted by Gasteiger charge is -2.13. The zero-order chi connectivity index (χ0) is 22.9. The summed E-state index contributed by atoms with van der Waals surface area (Å²) >= 11 is 7.43. The molecule has 1 aliphatic carbocycles. The van der Waals surface area contributed by atoms with E-state index in [4.69, 9.17) is 16.3 Å². The van der Waals surface area contributed by atoms with Crippen molar-refractivity contribution in [1.29, 1.82) is 0 Å². The smallest absolute Gasteiger partial charge is 0.276 e. The Kier molecular flexibility index (Phi) is 6.80. The maximum atomic E-state index is 13.0. The number of carbonyl (C=O) groups excluding carboxylic acids is 2. The number of hydrogen-bond donors (Lipinski definition) is 2. The van der Waals surface area contributed by atoms with E-state index in [9.17, 15) is 18.0 Å². The molecule has 4 rings (SSSR count). The van der Waals surface area contributed by atoms with E-state index in [1.54, 1.807) is 0 Å². The van der Waals surface area contributed by atoms with Crippen LogP contribution in [-0.2, 0) is 27.4 Å². The van der Waals surface area contributed by atoms with E-state index < -0.39 is 20.9 Å². The highest BCUT2D eigenvalue weighted by Crippen LogP contribution is 2.39. The Hall–Kier alpha value is -2.08. The summed E-state index contributed by atoms with van der Waals surface area (Å²) < 4.78 is 29.8. The molecule has 1 saturated heterocycles. The summed E-state index contributed by atoms with van der Waals surface area (Å²) in [6.07, 6.45) is 5.54. The lowest BCUT2D eigenvalue weighted by molar-refractivity contribution is 0.0858. The third-order valence-corrected chi connectivity index (χ3v) is 8.48. The second-order valence-corrected chi connectivity index (χ2v) is 11.3. The molecule has 1 fully saturated rings. The maximum Gasteiger partial charge on any atom is 0.276 e. The number of aromatic nitrogens is 2. The minimum Gasteiger partial charge on any atom is -0.376 e. The Morgan fingerprint density at radius 2 is 2.09 bits per heavy atom. The molecular formula is C20H23ClN4O5S2. The maximum absolute atomic E-state index is 13.0. The van der Waals surface area contributed by atoms with Gasteiger partial charge in [0.25, 0.3) is 11.8 Å². The van der Waals surface area contributed by atoms with Crippen LogP contribution in [0.2, 0.25) is 5.02 Å². The number of ether oxygens (including phenoxy) is 1. The summed E-state index contributed by atoms with van der Waals surface area (Å²) in [5.41, 5.74) is 1.13. The SMILES string of the molecule is CCS(=O)(=O)c1ncc(Cl)c(C(=O)Nc2sc3c(c2C(=O)NC[C@@H]2CCCO2)CCC3)n1. The first-order valence-corrected chi connectivity index (χ1v) is 13.3. The van der Waals surface area contributed by atoms with Crippen molar-refractivity contribution in [1.82, 2.24) is 15.3 Å². The van der Waals surface area contributed by atoms with Crippen LogP contribution in [0.3, 0.4) is 0 Å². The predicted molar refractivity (Wildman–Crippen MR) is 120 cm³/mol. The molecule has 3 heterocycles. The standard InChI is InChI=1S/C20H23ClN4O5S2/c1-2-32(28,29)20-23-10-13(21)16(24-20)18(27)25-19-15(12-6-3-7-14(12)31-19)17(26)22-9-11-5-4-8-30-11/h10-11H,2-9H2,1H3,(H,22,26)(H,25,27)/t11-/m0/s1. The van der Waals surface area contributed by atoms with Gasteiger partial charge in [-0.1, -0.05) is 18.5 Å². The Morgan fingerprint density at radius 1 is 1.28 bits per heavy atom. The van der Waals surface area contributed by atoms with E-state index in [1.807, 2.05) is 0 Å². The van der Waals surface area contributed by atoms with Crippen molar-refractivity contribution in [3.05, 3.63) is 32.9 Å². The van der Waals surface area contributed by atoms with Crippen molar-refractivity contribution >= 4 is 49.6 Å². The number of halogens is 1. The van der Waals surface area contributed by atoms with Crippen LogP contribution >= 0.6 is 22.9 Å². The van der Waals surface area contributed by atoms with Crippen molar-refractivity contribution in [2.75, 3.05) is 24.2 Å². The number of thiophene rings is 1. The average molecular weight is 499 g/mol. The Bertz CT molecular complexity index is 1160. The summed E-state index contributed by atoms with van der Waals surface area (Å²) in [7, 11) is -3.71. The fraction of sp³-hybridized carbons (Fsp3) is 0.500. The van der Waals surface area contributed by atoms with E-state index in [1.165, 1.54) is 18.3 Å². The highest BCUT2D eigenvalue weighted by Gasteiger charge is 2.29. The van der Waals surface area contributed by atoms with E-state index in [2.05, 4.69) is 20.6 Å². The number of carbonyl (C=O) groups is 2. The molecule has 2 amide bonds. The number of nitrogens with one attached hydrogen (secondary N) is 2. The molecule has 12 heteroatoms. The summed E-state index contributed by atoms with van der Waals surface area (Å²) in [5.74, 6) is -1.17. The van der Waals surface area contributed by atoms with E-state index >= 15 is 0 Å². The number of amides is 2. The van der Waals surface area contributed by atoms with Crippen LogP contribution in [0.1, 0.15) is 57.5 Å². The van der Waals surface area contributed by atoms with Gasteiger partial charge in [0.1, 0.15) is 5.00 Å². The number of rotatable bonds is 7. The number of hydrogen-bond acceptors (Lipinski definition) is 8. The van der Waals surface area contributed by atoms with Crippen molar-refractivity contribution in [3.8, 4) is 0 Å². The molecule has 0 saturated carbocycles. The topological polar surface area (TPSA) is 127 Å². The van der Waals surface area contributed by atoms with Gasteiger partial charge in [0, 0.05) is 18.0 Å². The summed E-state index contributed by atoms with van der Waals surface area (Å²) in [6, 6.07) is 0. The van der Waals surface area contributed by atoms with Crippen LogP contribution in [0.15, 0.2) is 11.4 Å². The third kappa shape index (κ3) is 4.66. The first-order valence-electron chi connectivity index (χ1n) is 10.4. The number of fused-ring (bicyclic) bond motifs is 1. The van der Waals surface area contributed by atoms with Crippen LogP contribution in [-0.4, -0.2) is 55.2 Å². The molecule has 2 aliphatic rings. The highest BCUT2D eigenvalue weighted by molar-refractivity contribution is 7.91. The lowest BCUT2D eigenvalue weighted by atomic mass is 10.1. The van der Waals surface area contributed by atoms with E-state index in [0.717, 1.165) is 48.7 Å². The van der Waals surface area contributed by atoms with Crippen LogP contribution < -0.4 is 10.6 Å². The summed E-state index contributed by atoms with van der Waals surface area (Å²) in [4.78, 5) is 34.6. The van der Waals surface area contributed by atoms with Crippen LogP contribution in [0.4, 0.5) is 5.00 Å². The van der Waals surface area contributed by atoms with Crippen LogP contribution in [0.5, 0.6) is 0 Å². The zero-order valence-corrected chi connectivity index (χ0v) is 19.8. The van der Waals surface area contributed by atoms with Crippen molar-refractivity contribution in [2.45, 2.75) is 50.3 Å². The number of aryl methyl sites for hydroxylation is 1. The fourth-order valence-corrected chi connectivity index (χ4v) is 5.94. The van der Waals surface area contributed by atoms with Crippen molar-refractivity contribution in [3.63, 3.8) is 0 Å². The van der Waals surface area contributed by atoms with E-state index in [-0.39, 0.29) is 28.5 Å². The number of sulfone groups is 1. The highest BCUT2D eigenvalue weighted by atomic mass is 35.5. The van der Waals surface area contributed by atoms with Gasteiger partial charge in [-0.05, 0) is 37.7 Å². The van der Waals surface area contributed by atoms with Gasteiger partial charge in [-0.3, -0.25) is 9.59 Å². The molecule has 2 aromatic rings. The molecule has 2 aromatic heterocycles. The van der Waals surface area contributed by atoms with Crippen LogP contribution in [0, 0.1) is 0 Å². The lowest BCUT2D eigenvalue weighted by Crippen LogP contribution is -2.32. The Morgan fingerprint density at radius 3 is 2.81 bits per heavy atom. The van der Waals surface area contributed by atoms with Gasteiger partial charge < -0.3 is 15.4 Å². The predicted octanol–water partition coefficient (Wildman–Crippen LogP) is 2.63. The minimum atomic E-state index is -3.71. The molecule has 32 heavy (non-hydrogen) atoms. The van der Waals surface area contributed by atoms with Gasteiger partial charge >= 0.3 is 0 Å². The monoisotopic (exact) mass is 498 g/mol. The molecule has 172 valence electrons. The third-order valence-electron chi connectivity index (χ3n) is 5.48. The zero-order valence-electron chi connectivity index (χ0n) is 17.4. The van der Waals surface area contributed by atoms with Crippen LogP contribution in [0.25, 0.3) is 0 Å². The summed E-state index contributed by atoms with van der Waals surface area (Å²) in [5, 5.41) is 5.50. The molecular weight excluding hydrogens is 476 g/mol. The largest absolute Gasteiger partial charge is 0.376 e.